The third-order valence-corrected chi connectivity index (χ3v) is 5.74. The second kappa shape index (κ2) is 6.76. The van der Waals surface area contributed by atoms with Crippen molar-refractivity contribution < 1.29 is 9.18 Å². The van der Waals surface area contributed by atoms with Crippen molar-refractivity contribution in [3.63, 3.8) is 0 Å². The Kier molecular flexibility index (Phi) is 4.16. The molecule has 3 aromatic heterocycles. The topological polar surface area (TPSA) is 86.8 Å². The van der Waals surface area contributed by atoms with Crippen LogP contribution in [0.4, 0.5) is 15.9 Å². The Hall–Kier alpha value is -3.55. The van der Waals surface area contributed by atoms with Crippen molar-refractivity contribution in [2.45, 2.75) is 31.5 Å². The monoisotopic (exact) mass is 404 g/mol. The summed E-state index contributed by atoms with van der Waals surface area (Å²) in [4.78, 5) is 23.3. The molecule has 3 heterocycles. The molecule has 1 aliphatic rings. The number of fused-ring (bicyclic) bond motifs is 2. The number of aromatic nitrogens is 4. The van der Waals surface area contributed by atoms with Gasteiger partial charge in [-0.05, 0) is 48.7 Å². The van der Waals surface area contributed by atoms with Gasteiger partial charge in [0.15, 0.2) is 5.82 Å². The molecule has 1 amide bonds. The fraction of sp³-hybridized carbons (Fsp3) is 0.273. The lowest BCUT2D eigenvalue weighted by atomic mass is 9.78. The molecule has 2 N–H and O–H groups in total. The molecule has 0 spiro atoms. The van der Waals surface area contributed by atoms with Gasteiger partial charge in [0.2, 0.25) is 0 Å². The number of H-pyrrole nitrogens is 1. The van der Waals surface area contributed by atoms with Crippen LogP contribution in [0, 0.1) is 0 Å². The van der Waals surface area contributed by atoms with Gasteiger partial charge in [-0.1, -0.05) is 0 Å². The van der Waals surface area contributed by atoms with E-state index in [1.165, 1.54) is 0 Å². The van der Waals surface area contributed by atoms with Crippen molar-refractivity contribution in [1.82, 2.24) is 25.1 Å². The normalized spacial score (nSPS) is 20.8. The van der Waals surface area contributed by atoms with Gasteiger partial charge in [-0.15, -0.1) is 0 Å². The highest BCUT2D eigenvalue weighted by molar-refractivity contribution is 6.06. The predicted molar refractivity (Wildman–Crippen MR) is 114 cm³/mol. The summed E-state index contributed by atoms with van der Waals surface area (Å²) < 4.78 is 13.9. The molecule has 0 atom stereocenters. The van der Waals surface area contributed by atoms with E-state index < -0.39 is 5.67 Å². The minimum absolute atomic E-state index is 0.0917. The van der Waals surface area contributed by atoms with Crippen LogP contribution in [0.5, 0.6) is 0 Å². The van der Waals surface area contributed by atoms with Gasteiger partial charge in [0, 0.05) is 49.4 Å². The van der Waals surface area contributed by atoms with Crippen molar-refractivity contribution in [2.24, 2.45) is 0 Å². The lowest BCUT2D eigenvalue weighted by Crippen LogP contribution is -2.52. The SMILES string of the molecule is CN(C(=O)c1nccc2cc(Nc3n[nH]c4cccnc34)ccc12)C1CC(C)(F)C1. The first-order valence-corrected chi connectivity index (χ1v) is 9.82. The number of hydrogen-bond acceptors (Lipinski definition) is 5. The van der Waals surface area contributed by atoms with Crippen LogP contribution >= 0.6 is 0 Å². The number of hydrogen-bond donors (Lipinski definition) is 2. The number of amides is 1. The Labute approximate surface area is 172 Å². The molecule has 152 valence electrons. The average Bonchev–Trinajstić information content (AvgIpc) is 3.13. The Balaban J connectivity index is 1.43. The summed E-state index contributed by atoms with van der Waals surface area (Å²) in [5.74, 6) is 0.443. The average molecular weight is 404 g/mol. The fourth-order valence-corrected chi connectivity index (χ4v) is 4.03. The fourth-order valence-electron chi connectivity index (χ4n) is 4.03. The van der Waals surface area contributed by atoms with E-state index in [9.17, 15) is 9.18 Å². The van der Waals surface area contributed by atoms with Crippen LogP contribution in [0.15, 0.2) is 48.8 Å². The van der Waals surface area contributed by atoms with E-state index in [4.69, 9.17) is 0 Å². The molecule has 0 bridgehead atoms. The molecule has 5 rings (SSSR count). The number of aromatic amines is 1. The zero-order chi connectivity index (χ0) is 20.9. The zero-order valence-electron chi connectivity index (χ0n) is 16.7. The highest BCUT2D eigenvalue weighted by Gasteiger charge is 2.44. The van der Waals surface area contributed by atoms with Crippen molar-refractivity contribution >= 4 is 39.2 Å². The predicted octanol–water partition coefficient (Wildman–Crippen LogP) is 4.21. The van der Waals surface area contributed by atoms with E-state index in [1.54, 1.807) is 31.3 Å². The van der Waals surface area contributed by atoms with Crippen LogP contribution in [0.3, 0.4) is 0 Å². The minimum atomic E-state index is -1.18. The van der Waals surface area contributed by atoms with E-state index >= 15 is 0 Å². The van der Waals surface area contributed by atoms with E-state index in [0.717, 1.165) is 27.5 Å². The Morgan fingerprint density at radius 2 is 2.07 bits per heavy atom. The lowest BCUT2D eigenvalue weighted by Gasteiger charge is -2.43. The third kappa shape index (κ3) is 3.14. The van der Waals surface area contributed by atoms with Gasteiger partial charge in [0.25, 0.3) is 5.91 Å². The van der Waals surface area contributed by atoms with Gasteiger partial charge < -0.3 is 10.2 Å². The summed E-state index contributed by atoms with van der Waals surface area (Å²) in [6.45, 7) is 1.57. The maximum atomic E-state index is 13.9. The highest BCUT2D eigenvalue weighted by Crippen LogP contribution is 2.39. The van der Waals surface area contributed by atoms with E-state index in [-0.39, 0.29) is 11.9 Å². The molecule has 7 nitrogen and oxygen atoms in total. The van der Waals surface area contributed by atoms with Crippen LogP contribution < -0.4 is 5.32 Å². The van der Waals surface area contributed by atoms with Crippen molar-refractivity contribution in [1.29, 1.82) is 0 Å². The Bertz CT molecular complexity index is 1260. The van der Waals surface area contributed by atoms with Gasteiger partial charge >= 0.3 is 0 Å². The largest absolute Gasteiger partial charge is 0.337 e. The van der Waals surface area contributed by atoms with Gasteiger partial charge in [-0.2, -0.15) is 5.10 Å². The zero-order valence-corrected chi connectivity index (χ0v) is 16.7. The van der Waals surface area contributed by atoms with Gasteiger partial charge in [-0.25, -0.2) is 4.39 Å². The van der Waals surface area contributed by atoms with Crippen molar-refractivity contribution in [2.75, 3.05) is 12.4 Å². The van der Waals surface area contributed by atoms with Crippen LogP contribution in [0.1, 0.15) is 30.3 Å². The van der Waals surface area contributed by atoms with Gasteiger partial charge in [0.1, 0.15) is 16.9 Å². The third-order valence-electron chi connectivity index (χ3n) is 5.74. The molecular formula is C22H21FN6O. The molecule has 1 aromatic carbocycles. The first-order chi connectivity index (χ1) is 14.4. The summed E-state index contributed by atoms with van der Waals surface area (Å²) in [5, 5.41) is 12.1. The van der Waals surface area contributed by atoms with Crippen LogP contribution in [-0.2, 0) is 0 Å². The summed E-state index contributed by atoms with van der Waals surface area (Å²) in [6, 6.07) is 11.2. The molecule has 0 unspecified atom stereocenters. The first kappa shape index (κ1) is 18.5. The summed E-state index contributed by atoms with van der Waals surface area (Å²) in [6.07, 6.45) is 4.06. The van der Waals surface area contributed by atoms with E-state index in [1.807, 2.05) is 36.4 Å². The number of benzene rings is 1. The van der Waals surface area contributed by atoms with E-state index in [2.05, 4.69) is 25.5 Å². The highest BCUT2D eigenvalue weighted by atomic mass is 19.1. The van der Waals surface area contributed by atoms with Crippen LogP contribution in [0.2, 0.25) is 0 Å². The molecule has 4 aromatic rings. The quantitative estimate of drug-likeness (QED) is 0.532. The molecule has 30 heavy (non-hydrogen) atoms. The number of anilines is 2. The smallest absolute Gasteiger partial charge is 0.273 e. The molecule has 0 radical (unpaired) electrons. The molecule has 8 heteroatoms. The molecule has 1 aliphatic carbocycles. The Morgan fingerprint density at radius 1 is 1.23 bits per heavy atom. The second-order valence-corrected chi connectivity index (χ2v) is 8.08. The molecule has 0 aliphatic heterocycles. The summed E-state index contributed by atoms with van der Waals surface area (Å²) in [7, 11) is 1.72. The number of pyridine rings is 2. The maximum absolute atomic E-state index is 13.9. The summed E-state index contributed by atoms with van der Waals surface area (Å²) >= 11 is 0. The molecule has 1 fully saturated rings. The van der Waals surface area contributed by atoms with E-state index in [0.29, 0.717) is 24.4 Å². The summed E-state index contributed by atoms with van der Waals surface area (Å²) in [5.41, 5.74) is 1.62. The van der Waals surface area contributed by atoms with Crippen molar-refractivity contribution in [3.05, 3.63) is 54.5 Å². The van der Waals surface area contributed by atoms with Crippen molar-refractivity contribution in [3.8, 4) is 0 Å². The number of alkyl halides is 1. The maximum Gasteiger partial charge on any atom is 0.273 e. The molecular weight excluding hydrogens is 383 g/mol. The molecule has 1 saturated carbocycles. The lowest BCUT2D eigenvalue weighted by molar-refractivity contribution is -0.000936. The van der Waals surface area contributed by atoms with Gasteiger partial charge in [0.05, 0.1) is 5.52 Å². The number of nitrogens with one attached hydrogen (secondary N) is 2. The number of carbonyl (C=O) groups excluding carboxylic acids is 1. The van der Waals surface area contributed by atoms with Crippen LogP contribution in [0.25, 0.3) is 21.8 Å². The standard InChI is InChI=1S/C22H21FN6O/c1-22(23)11-15(12-22)29(2)21(30)18-16-6-5-14(10-13(16)7-9-25-18)26-20-19-17(27-28-20)4-3-8-24-19/h3-10,15H,11-12H2,1-2H3,(H2,26,27,28). The van der Waals surface area contributed by atoms with Gasteiger partial charge in [-0.3, -0.25) is 19.9 Å². The minimum Gasteiger partial charge on any atom is -0.337 e. The second-order valence-electron chi connectivity index (χ2n) is 8.08. The Morgan fingerprint density at radius 3 is 2.87 bits per heavy atom. The number of carbonyl (C=O) groups is 1. The number of nitrogens with zero attached hydrogens (tertiary/aromatic N) is 4. The number of halogens is 1. The first-order valence-electron chi connectivity index (χ1n) is 9.82. The number of rotatable bonds is 4. The molecule has 0 saturated heterocycles. The van der Waals surface area contributed by atoms with Crippen LogP contribution in [-0.4, -0.2) is 49.7 Å².